The van der Waals surface area contributed by atoms with Gasteiger partial charge in [-0.15, -0.1) is 0 Å². The van der Waals surface area contributed by atoms with Crippen molar-refractivity contribution in [1.82, 2.24) is 24.8 Å². The number of nitrogens with one attached hydrogen (secondary N) is 2. The van der Waals surface area contributed by atoms with E-state index in [-0.39, 0.29) is 41.9 Å². The molecule has 0 aliphatic heterocycles. The maximum absolute atomic E-state index is 13.5. The molecular weight excluding hydrogens is 460 g/mol. The minimum absolute atomic E-state index is 0.0314. The van der Waals surface area contributed by atoms with Crippen molar-refractivity contribution in [2.75, 3.05) is 17.6 Å². The van der Waals surface area contributed by atoms with E-state index in [9.17, 15) is 14.9 Å². The van der Waals surface area contributed by atoms with E-state index in [0.29, 0.717) is 33.9 Å². The van der Waals surface area contributed by atoms with Crippen LogP contribution in [0, 0.1) is 24.2 Å². The van der Waals surface area contributed by atoms with Crippen molar-refractivity contribution in [3.63, 3.8) is 0 Å². The molecule has 1 saturated carbocycles. The van der Waals surface area contributed by atoms with Crippen LogP contribution in [-0.4, -0.2) is 37.3 Å². The van der Waals surface area contributed by atoms with Crippen molar-refractivity contribution in [3.05, 3.63) is 50.7 Å². The van der Waals surface area contributed by atoms with Gasteiger partial charge in [0, 0.05) is 13.1 Å². The Balaban J connectivity index is 1.82. The van der Waals surface area contributed by atoms with Gasteiger partial charge in [0.15, 0.2) is 0 Å². The van der Waals surface area contributed by atoms with Gasteiger partial charge in [0.1, 0.15) is 23.3 Å². The molecule has 12 heteroatoms. The summed E-state index contributed by atoms with van der Waals surface area (Å²) in [6.07, 6.45) is 1.05. The van der Waals surface area contributed by atoms with Gasteiger partial charge in [-0.3, -0.25) is 9.36 Å². The van der Waals surface area contributed by atoms with Crippen LogP contribution in [0.2, 0.25) is 5.02 Å². The number of aromatic nitrogens is 4. The van der Waals surface area contributed by atoms with Gasteiger partial charge < -0.3 is 21.5 Å². The molecule has 1 aliphatic carbocycles. The number of hydrogen-bond donors (Lipinski definition) is 4. The standard InChI is InChI=1S/C22H23ClN8O3/c1-11-13(10-24)18(30-21(25)27-11)29-17(12-6-7-12)19-28-15-5-2-4-14(23)16(15)20(32)31(19)9-3-8-26-22(33)34/h2,4-5,12,17,26H,3,6-9H2,1H3,(H,33,34)(H3,25,27,29,30). The minimum Gasteiger partial charge on any atom is -0.465 e. The average molecular weight is 483 g/mol. The second kappa shape index (κ2) is 9.52. The quantitative estimate of drug-likeness (QED) is 0.352. The second-order valence-corrected chi connectivity index (χ2v) is 8.52. The molecule has 2 aromatic heterocycles. The van der Waals surface area contributed by atoms with Crippen molar-refractivity contribution < 1.29 is 9.90 Å². The number of halogens is 1. The van der Waals surface area contributed by atoms with Crippen LogP contribution in [0.4, 0.5) is 16.6 Å². The summed E-state index contributed by atoms with van der Waals surface area (Å²) in [5, 5.41) is 24.7. The highest BCUT2D eigenvalue weighted by atomic mass is 35.5. The summed E-state index contributed by atoms with van der Waals surface area (Å²) >= 11 is 6.32. The van der Waals surface area contributed by atoms with Crippen LogP contribution in [0.15, 0.2) is 23.0 Å². The van der Waals surface area contributed by atoms with Gasteiger partial charge in [-0.2, -0.15) is 10.2 Å². The number of hydrogen-bond acceptors (Lipinski definition) is 8. The molecule has 34 heavy (non-hydrogen) atoms. The zero-order chi connectivity index (χ0) is 24.4. The van der Waals surface area contributed by atoms with E-state index in [4.69, 9.17) is 27.4 Å². The van der Waals surface area contributed by atoms with Crippen LogP contribution >= 0.6 is 11.6 Å². The highest BCUT2D eigenvalue weighted by Gasteiger charge is 2.36. The topological polar surface area (TPSA) is 172 Å². The maximum Gasteiger partial charge on any atom is 0.404 e. The van der Waals surface area contributed by atoms with E-state index in [0.717, 1.165) is 12.8 Å². The number of amides is 1. The summed E-state index contributed by atoms with van der Waals surface area (Å²) in [6, 6.07) is 6.76. The highest BCUT2D eigenvalue weighted by molar-refractivity contribution is 6.35. The van der Waals surface area contributed by atoms with Gasteiger partial charge in [-0.1, -0.05) is 17.7 Å². The summed E-state index contributed by atoms with van der Waals surface area (Å²) in [7, 11) is 0. The summed E-state index contributed by atoms with van der Waals surface area (Å²) in [5.41, 5.74) is 6.69. The first-order valence-electron chi connectivity index (χ1n) is 10.8. The Morgan fingerprint density at radius 1 is 1.38 bits per heavy atom. The van der Waals surface area contributed by atoms with Gasteiger partial charge in [0.05, 0.1) is 27.7 Å². The zero-order valence-corrected chi connectivity index (χ0v) is 19.1. The first kappa shape index (κ1) is 23.3. The Morgan fingerprint density at radius 3 is 2.82 bits per heavy atom. The minimum atomic E-state index is -1.13. The average Bonchev–Trinajstić information content (AvgIpc) is 3.61. The molecule has 0 saturated heterocycles. The van der Waals surface area contributed by atoms with Crippen molar-refractivity contribution >= 4 is 40.4 Å². The molecule has 5 N–H and O–H groups in total. The predicted octanol–water partition coefficient (Wildman–Crippen LogP) is 2.82. The number of nitrogen functional groups attached to an aromatic ring is 1. The predicted molar refractivity (Wildman–Crippen MR) is 127 cm³/mol. The third kappa shape index (κ3) is 4.72. The second-order valence-electron chi connectivity index (χ2n) is 8.11. The van der Waals surface area contributed by atoms with Gasteiger partial charge in [-0.25, -0.2) is 14.8 Å². The Kier molecular flexibility index (Phi) is 6.51. The molecule has 2 heterocycles. The third-order valence-corrected chi connectivity index (χ3v) is 5.99. The van der Waals surface area contributed by atoms with E-state index in [1.807, 2.05) is 0 Å². The van der Waals surface area contributed by atoms with E-state index in [2.05, 4.69) is 26.7 Å². The maximum atomic E-state index is 13.5. The van der Waals surface area contributed by atoms with E-state index in [1.54, 1.807) is 25.1 Å². The number of aryl methyl sites for hydroxylation is 1. The molecule has 1 unspecified atom stereocenters. The summed E-state index contributed by atoms with van der Waals surface area (Å²) < 4.78 is 1.52. The number of nitriles is 1. The van der Waals surface area contributed by atoms with Crippen LogP contribution in [0.25, 0.3) is 10.9 Å². The normalized spacial score (nSPS) is 13.9. The van der Waals surface area contributed by atoms with Gasteiger partial charge in [0.2, 0.25) is 5.95 Å². The summed E-state index contributed by atoms with van der Waals surface area (Å²) in [5.74, 6) is 0.944. The lowest BCUT2D eigenvalue weighted by Gasteiger charge is -2.24. The largest absolute Gasteiger partial charge is 0.465 e. The molecule has 1 amide bonds. The van der Waals surface area contributed by atoms with Crippen LogP contribution in [0.3, 0.4) is 0 Å². The number of nitrogens with two attached hydrogens (primary N) is 1. The number of rotatable bonds is 8. The Morgan fingerprint density at radius 2 is 2.15 bits per heavy atom. The van der Waals surface area contributed by atoms with Crippen molar-refractivity contribution in [2.24, 2.45) is 5.92 Å². The lowest BCUT2D eigenvalue weighted by Crippen LogP contribution is -2.32. The molecule has 11 nitrogen and oxygen atoms in total. The molecular formula is C22H23ClN8O3. The first-order chi connectivity index (χ1) is 16.3. The van der Waals surface area contributed by atoms with E-state index >= 15 is 0 Å². The summed E-state index contributed by atoms with van der Waals surface area (Å²) in [6.45, 7) is 2.07. The van der Waals surface area contributed by atoms with E-state index < -0.39 is 12.1 Å². The molecule has 1 aliphatic rings. The van der Waals surface area contributed by atoms with Crippen LogP contribution in [0.1, 0.15) is 42.4 Å². The molecule has 0 radical (unpaired) electrons. The molecule has 176 valence electrons. The van der Waals surface area contributed by atoms with Crippen molar-refractivity contribution in [1.29, 1.82) is 5.26 Å². The monoisotopic (exact) mass is 482 g/mol. The number of benzene rings is 1. The number of fused-ring (bicyclic) bond motifs is 1. The third-order valence-electron chi connectivity index (χ3n) is 5.68. The van der Waals surface area contributed by atoms with Crippen LogP contribution in [-0.2, 0) is 6.54 Å². The molecule has 0 bridgehead atoms. The molecule has 1 atom stereocenters. The van der Waals surface area contributed by atoms with Crippen molar-refractivity contribution in [3.8, 4) is 6.07 Å². The molecule has 0 spiro atoms. The SMILES string of the molecule is Cc1nc(N)nc(NC(c2nc3cccc(Cl)c3c(=O)n2CCCNC(=O)O)C2CC2)c1C#N. The molecule has 4 rings (SSSR count). The van der Waals surface area contributed by atoms with Gasteiger partial charge in [-0.05, 0) is 44.2 Å². The Bertz CT molecular complexity index is 1360. The molecule has 3 aromatic rings. The van der Waals surface area contributed by atoms with Gasteiger partial charge in [0.25, 0.3) is 5.56 Å². The van der Waals surface area contributed by atoms with Crippen LogP contribution < -0.4 is 21.9 Å². The van der Waals surface area contributed by atoms with Crippen molar-refractivity contribution in [2.45, 2.75) is 38.8 Å². The fourth-order valence-electron chi connectivity index (χ4n) is 3.93. The van der Waals surface area contributed by atoms with E-state index in [1.165, 1.54) is 4.57 Å². The number of nitrogens with zero attached hydrogens (tertiary/aromatic N) is 5. The zero-order valence-electron chi connectivity index (χ0n) is 18.4. The van der Waals surface area contributed by atoms with Gasteiger partial charge >= 0.3 is 6.09 Å². The Hall–Kier alpha value is -3.91. The molecule has 1 aromatic carbocycles. The lowest BCUT2D eigenvalue weighted by molar-refractivity contribution is 0.194. The number of anilines is 2. The number of carbonyl (C=O) groups is 1. The fourth-order valence-corrected chi connectivity index (χ4v) is 4.18. The molecule has 1 fully saturated rings. The first-order valence-corrected chi connectivity index (χ1v) is 11.1. The van der Waals surface area contributed by atoms with Crippen LogP contribution in [0.5, 0.6) is 0 Å². The fraction of sp³-hybridized carbons (Fsp3) is 0.364. The highest BCUT2D eigenvalue weighted by Crippen LogP contribution is 2.42. The smallest absolute Gasteiger partial charge is 0.404 e. The summed E-state index contributed by atoms with van der Waals surface area (Å²) in [4.78, 5) is 37.4. The lowest BCUT2D eigenvalue weighted by atomic mass is 10.1. The Labute approximate surface area is 199 Å². The number of carboxylic acid groups (broad SMARTS) is 1.